The van der Waals surface area contributed by atoms with Gasteiger partial charge in [-0.15, -0.1) is 0 Å². The van der Waals surface area contributed by atoms with Crippen LogP contribution < -0.4 is 15.1 Å². The zero-order chi connectivity index (χ0) is 19.4. The van der Waals surface area contributed by atoms with Crippen molar-refractivity contribution in [3.8, 4) is 11.5 Å². The van der Waals surface area contributed by atoms with E-state index in [0.717, 1.165) is 18.2 Å². The number of rotatable bonds is 7. The molecular formula is C22H24O5. The molecular weight excluding hydrogens is 344 g/mol. The van der Waals surface area contributed by atoms with Gasteiger partial charge in [0.1, 0.15) is 12.4 Å². The maximum absolute atomic E-state index is 11.8. The highest BCUT2D eigenvalue weighted by Crippen LogP contribution is 2.42. The first-order valence-electron chi connectivity index (χ1n) is 8.94. The Balaban J connectivity index is 1.93. The van der Waals surface area contributed by atoms with Crippen LogP contribution in [0.5, 0.6) is 11.5 Å². The quantitative estimate of drug-likeness (QED) is 0.400. The molecule has 0 aliphatic carbocycles. The molecule has 0 N–H and O–H groups in total. The predicted molar refractivity (Wildman–Crippen MR) is 107 cm³/mol. The third-order valence-corrected chi connectivity index (χ3v) is 4.36. The number of ether oxygens (including phenoxy) is 2. The largest absolute Gasteiger partial charge is 0.495 e. The number of furan rings is 1. The van der Waals surface area contributed by atoms with E-state index < -0.39 is 5.63 Å². The molecule has 5 nitrogen and oxygen atoms in total. The second kappa shape index (κ2) is 8.16. The van der Waals surface area contributed by atoms with Crippen molar-refractivity contribution in [2.45, 2.75) is 33.6 Å². The van der Waals surface area contributed by atoms with E-state index in [2.05, 4.69) is 26.8 Å². The number of hydrogen-bond acceptors (Lipinski definition) is 5. The molecule has 5 heteroatoms. The van der Waals surface area contributed by atoms with Crippen molar-refractivity contribution < 1.29 is 18.3 Å². The molecule has 0 radical (unpaired) electrons. The molecule has 27 heavy (non-hydrogen) atoms. The van der Waals surface area contributed by atoms with E-state index in [1.165, 1.54) is 17.2 Å². The first kappa shape index (κ1) is 18.8. The molecule has 0 aliphatic rings. The summed E-state index contributed by atoms with van der Waals surface area (Å²) in [6.45, 7) is 6.63. The molecule has 2 aromatic heterocycles. The van der Waals surface area contributed by atoms with Crippen LogP contribution in [0.1, 0.15) is 33.6 Å². The summed E-state index contributed by atoms with van der Waals surface area (Å²) in [7, 11) is 1.57. The molecule has 0 saturated carbocycles. The van der Waals surface area contributed by atoms with Crippen molar-refractivity contribution in [2.24, 2.45) is 0 Å². The van der Waals surface area contributed by atoms with Crippen molar-refractivity contribution >= 4 is 21.9 Å². The number of allylic oxidation sites excluding steroid dienone is 3. The molecule has 3 rings (SSSR count). The van der Waals surface area contributed by atoms with Crippen molar-refractivity contribution in [3.05, 3.63) is 58.2 Å². The Hall–Kier alpha value is -2.95. The molecule has 0 amide bonds. The fourth-order valence-corrected chi connectivity index (χ4v) is 2.99. The topological polar surface area (TPSA) is 61.8 Å². The highest BCUT2D eigenvalue weighted by atomic mass is 16.5. The summed E-state index contributed by atoms with van der Waals surface area (Å²) in [4.78, 5) is 11.8. The van der Waals surface area contributed by atoms with Crippen LogP contribution in [0, 0.1) is 0 Å². The number of methoxy groups -OCH3 is 1. The molecule has 0 bridgehead atoms. The zero-order valence-corrected chi connectivity index (χ0v) is 16.1. The van der Waals surface area contributed by atoms with Crippen LogP contribution in [0.4, 0.5) is 0 Å². The van der Waals surface area contributed by atoms with Crippen LogP contribution in [0.3, 0.4) is 0 Å². The van der Waals surface area contributed by atoms with Crippen molar-refractivity contribution in [1.82, 2.24) is 0 Å². The molecule has 142 valence electrons. The zero-order valence-electron chi connectivity index (χ0n) is 16.1. The SMILES string of the molecule is COc1c2ccoc2c(OCC=C(C)CCC=C(C)C)c2oc(=O)ccc12. The minimum Gasteiger partial charge on any atom is -0.495 e. The van der Waals surface area contributed by atoms with E-state index in [4.69, 9.17) is 18.3 Å². The van der Waals surface area contributed by atoms with Crippen LogP contribution in [0.25, 0.3) is 21.9 Å². The lowest BCUT2D eigenvalue weighted by molar-refractivity contribution is 0.354. The van der Waals surface area contributed by atoms with E-state index in [-0.39, 0.29) is 0 Å². The molecule has 1 aromatic carbocycles. The Morgan fingerprint density at radius 2 is 1.81 bits per heavy atom. The molecule has 0 spiro atoms. The van der Waals surface area contributed by atoms with Gasteiger partial charge in [0.2, 0.25) is 5.75 Å². The highest BCUT2D eigenvalue weighted by Gasteiger charge is 2.20. The van der Waals surface area contributed by atoms with Gasteiger partial charge in [0.25, 0.3) is 0 Å². The summed E-state index contributed by atoms with van der Waals surface area (Å²) in [6.07, 6.45) is 7.80. The first-order chi connectivity index (χ1) is 13.0. The smallest absolute Gasteiger partial charge is 0.336 e. The second-order valence-electron chi connectivity index (χ2n) is 6.70. The number of benzene rings is 1. The Labute approximate surface area is 157 Å². The summed E-state index contributed by atoms with van der Waals surface area (Å²) < 4.78 is 22.5. The Kier molecular flexibility index (Phi) is 5.69. The summed E-state index contributed by atoms with van der Waals surface area (Å²) in [5.41, 5.74) is 2.94. The normalized spacial score (nSPS) is 11.8. The monoisotopic (exact) mass is 368 g/mol. The standard InChI is InChI=1S/C22H24O5/c1-14(2)6-5-7-15(3)10-12-26-22-20-17(11-13-25-20)19(24-4)16-8-9-18(23)27-21(16)22/h6,8-11,13H,5,7,12H2,1-4H3. The summed E-state index contributed by atoms with van der Waals surface area (Å²) in [5, 5.41) is 1.45. The Morgan fingerprint density at radius 1 is 1.04 bits per heavy atom. The average Bonchev–Trinajstić information content (AvgIpc) is 3.10. The van der Waals surface area contributed by atoms with Gasteiger partial charge >= 0.3 is 5.63 Å². The fraction of sp³-hybridized carbons (Fsp3) is 0.318. The van der Waals surface area contributed by atoms with Gasteiger partial charge in [-0.05, 0) is 51.8 Å². The van der Waals surface area contributed by atoms with Gasteiger partial charge in [-0.1, -0.05) is 17.2 Å². The third-order valence-electron chi connectivity index (χ3n) is 4.36. The molecule has 0 fully saturated rings. The van der Waals surface area contributed by atoms with E-state index in [1.54, 1.807) is 19.4 Å². The highest BCUT2D eigenvalue weighted by molar-refractivity contribution is 6.06. The maximum Gasteiger partial charge on any atom is 0.336 e. The summed E-state index contributed by atoms with van der Waals surface area (Å²) in [5.74, 6) is 1.01. The van der Waals surface area contributed by atoms with Gasteiger partial charge < -0.3 is 18.3 Å². The van der Waals surface area contributed by atoms with E-state index in [9.17, 15) is 4.79 Å². The van der Waals surface area contributed by atoms with Crippen LogP contribution in [0.2, 0.25) is 0 Å². The predicted octanol–water partition coefficient (Wildman–Crippen LogP) is 5.62. The van der Waals surface area contributed by atoms with Gasteiger partial charge in [0, 0.05) is 6.07 Å². The molecule has 0 unspecified atom stereocenters. The summed E-state index contributed by atoms with van der Waals surface area (Å²) in [6, 6.07) is 4.86. The van der Waals surface area contributed by atoms with Crippen LogP contribution in [0.15, 0.2) is 61.4 Å². The van der Waals surface area contributed by atoms with Crippen LogP contribution in [-0.4, -0.2) is 13.7 Å². The fourth-order valence-electron chi connectivity index (χ4n) is 2.99. The molecule has 3 aromatic rings. The van der Waals surface area contributed by atoms with E-state index in [1.807, 2.05) is 12.1 Å². The average molecular weight is 368 g/mol. The van der Waals surface area contributed by atoms with Crippen molar-refractivity contribution in [3.63, 3.8) is 0 Å². The lowest BCUT2D eigenvalue weighted by Gasteiger charge is -2.11. The van der Waals surface area contributed by atoms with Gasteiger partial charge in [-0.2, -0.15) is 0 Å². The van der Waals surface area contributed by atoms with E-state index >= 15 is 0 Å². The molecule has 0 aliphatic heterocycles. The van der Waals surface area contributed by atoms with Gasteiger partial charge in [0.05, 0.1) is 24.1 Å². The summed E-state index contributed by atoms with van der Waals surface area (Å²) >= 11 is 0. The Morgan fingerprint density at radius 3 is 2.56 bits per heavy atom. The van der Waals surface area contributed by atoms with Gasteiger partial charge in [-0.3, -0.25) is 0 Å². The first-order valence-corrected chi connectivity index (χ1v) is 8.94. The van der Waals surface area contributed by atoms with Crippen molar-refractivity contribution in [1.29, 1.82) is 0 Å². The van der Waals surface area contributed by atoms with Gasteiger partial charge in [0.15, 0.2) is 11.2 Å². The molecule has 0 saturated heterocycles. The van der Waals surface area contributed by atoms with Crippen molar-refractivity contribution in [2.75, 3.05) is 13.7 Å². The third kappa shape index (κ3) is 4.08. The Bertz CT molecular complexity index is 1060. The minimum absolute atomic E-state index is 0.331. The van der Waals surface area contributed by atoms with Crippen LogP contribution in [-0.2, 0) is 0 Å². The molecule has 2 heterocycles. The minimum atomic E-state index is -0.450. The second-order valence-corrected chi connectivity index (χ2v) is 6.70. The maximum atomic E-state index is 11.8. The lowest BCUT2D eigenvalue weighted by Crippen LogP contribution is -2.01. The van der Waals surface area contributed by atoms with E-state index in [0.29, 0.717) is 34.7 Å². The van der Waals surface area contributed by atoms with Crippen LogP contribution >= 0.6 is 0 Å². The lowest BCUT2D eigenvalue weighted by atomic mass is 10.1. The molecule has 0 atom stereocenters. The number of hydrogen-bond donors (Lipinski definition) is 0. The van der Waals surface area contributed by atoms with Gasteiger partial charge in [-0.25, -0.2) is 4.79 Å². The number of fused-ring (bicyclic) bond motifs is 2.